The first-order chi connectivity index (χ1) is 10.2. The van der Waals surface area contributed by atoms with Gasteiger partial charge in [0.1, 0.15) is 5.69 Å². The Morgan fingerprint density at radius 2 is 1.90 bits per heavy atom. The van der Waals surface area contributed by atoms with Crippen LogP contribution in [0.3, 0.4) is 0 Å². The zero-order valence-corrected chi connectivity index (χ0v) is 12.7. The van der Waals surface area contributed by atoms with Gasteiger partial charge < -0.3 is 10.3 Å². The molecule has 0 atom stereocenters. The summed E-state index contributed by atoms with van der Waals surface area (Å²) in [5, 5.41) is 4.56. The third-order valence-corrected chi connectivity index (χ3v) is 4.48. The minimum Gasteiger partial charge on any atom is -0.349 e. The molecule has 1 amide bonds. The van der Waals surface area contributed by atoms with Gasteiger partial charge in [0.25, 0.3) is 5.91 Å². The second-order valence-corrected chi connectivity index (χ2v) is 6.19. The molecule has 2 heterocycles. The van der Waals surface area contributed by atoms with E-state index in [1.165, 1.54) is 32.1 Å². The second-order valence-electron chi connectivity index (χ2n) is 5.78. The van der Waals surface area contributed by atoms with Crippen LogP contribution < -0.4 is 5.32 Å². The number of fused-ring (bicyclic) bond motifs is 1. The van der Waals surface area contributed by atoms with Crippen LogP contribution in [0.1, 0.15) is 55.4 Å². The summed E-state index contributed by atoms with van der Waals surface area (Å²) in [7, 11) is 0. The van der Waals surface area contributed by atoms with Crippen LogP contribution in [0.15, 0.2) is 18.5 Å². The number of H-pyrrole nitrogens is 1. The molecule has 3 rings (SSSR count). The van der Waals surface area contributed by atoms with E-state index in [-0.39, 0.29) is 11.9 Å². The van der Waals surface area contributed by atoms with Crippen molar-refractivity contribution in [2.75, 3.05) is 0 Å². The van der Waals surface area contributed by atoms with Gasteiger partial charge in [0.05, 0.1) is 16.7 Å². The molecule has 21 heavy (non-hydrogen) atoms. The second kappa shape index (κ2) is 6.48. The number of rotatable bonds is 2. The lowest BCUT2D eigenvalue weighted by atomic mass is 9.96. The summed E-state index contributed by atoms with van der Waals surface area (Å²) in [5.41, 5.74) is 1.35. The average molecular weight is 306 g/mol. The van der Waals surface area contributed by atoms with Crippen LogP contribution >= 0.6 is 11.6 Å². The van der Waals surface area contributed by atoms with E-state index in [2.05, 4.69) is 15.3 Å². The Morgan fingerprint density at radius 1 is 1.19 bits per heavy atom. The van der Waals surface area contributed by atoms with E-state index in [4.69, 9.17) is 11.6 Å². The molecule has 4 nitrogen and oxygen atoms in total. The number of hydrogen-bond acceptors (Lipinski definition) is 2. The van der Waals surface area contributed by atoms with Gasteiger partial charge in [0, 0.05) is 17.6 Å². The Labute approximate surface area is 129 Å². The molecule has 2 N–H and O–H groups in total. The van der Waals surface area contributed by atoms with Gasteiger partial charge in [-0.1, -0.05) is 43.7 Å². The lowest BCUT2D eigenvalue weighted by Gasteiger charge is -2.20. The highest BCUT2D eigenvalue weighted by Crippen LogP contribution is 2.23. The van der Waals surface area contributed by atoms with Gasteiger partial charge in [-0.2, -0.15) is 0 Å². The van der Waals surface area contributed by atoms with Crippen molar-refractivity contribution in [3.8, 4) is 0 Å². The number of carbonyl (C=O) groups is 1. The van der Waals surface area contributed by atoms with Crippen molar-refractivity contribution >= 4 is 28.4 Å². The predicted molar refractivity (Wildman–Crippen MR) is 84.7 cm³/mol. The van der Waals surface area contributed by atoms with Crippen molar-refractivity contribution in [3.05, 3.63) is 29.2 Å². The van der Waals surface area contributed by atoms with Crippen LogP contribution in [-0.4, -0.2) is 21.9 Å². The monoisotopic (exact) mass is 305 g/mol. The predicted octanol–water partition coefficient (Wildman–Crippen LogP) is 4.06. The summed E-state index contributed by atoms with van der Waals surface area (Å²) < 4.78 is 0. The molecule has 2 aromatic heterocycles. The van der Waals surface area contributed by atoms with Crippen molar-refractivity contribution in [3.63, 3.8) is 0 Å². The zero-order chi connectivity index (χ0) is 14.7. The first kappa shape index (κ1) is 14.4. The first-order valence-electron chi connectivity index (χ1n) is 7.67. The van der Waals surface area contributed by atoms with Gasteiger partial charge in [-0.15, -0.1) is 0 Å². The van der Waals surface area contributed by atoms with Crippen LogP contribution in [0.5, 0.6) is 0 Å². The lowest BCUT2D eigenvalue weighted by Crippen LogP contribution is -2.35. The zero-order valence-electron chi connectivity index (χ0n) is 12.0. The molecule has 0 bridgehead atoms. The van der Waals surface area contributed by atoms with E-state index < -0.39 is 0 Å². The highest BCUT2D eigenvalue weighted by Gasteiger charge is 2.17. The maximum atomic E-state index is 12.4. The summed E-state index contributed by atoms with van der Waals surface area (Å²) in [4.78, 5) is 19.5. The Hall–Kier alpha value is -1.55. The Morgan fingerprint density at radius 3 is 2.62 bits per heavy atom. The summed E-state index contributed by atoms with van der Waals surface area (Å²) >= 11 is 6.09. The van der Waals surface area contributed by atoms with Gasteiger partial charge in [-0.3, -0.25) is 9.78 Å². The molecule has 0 radical (unpaired) electrons. The minimum absolute atomic E-state index is 0.0483. The topological polar surface area (TPSA) is 57.8 Å². The Bertz CT molecular complexity index is 629. The van der Waals surface area contributed by atoms with Gasteiger partial charge >= 0.3 is 0 Å². The van der Waals surface area contributed by atoms with E-state index in [1.54, 1.807) is 18.5 Å². The number of nitrogens with zero attached hydrogens (tertiary/aromatic N) is 1. The summed E-state index contributed by atoms with van der Waals surface area (Å²) in [5.74, 6) is -0.0483. The third-order valence-electron chi connectivity index (χ3n) is 4.18. The summed E-state index contributed by atoms with van der Waals surface area (Å²) in [6.07, 6.45) is 11.7. The van der Waals surface area contributed by atoms with Gasteiger partial charge in [0.2, 0.25) is 0 Å². The number of halogens is 1. The maximum Gasteiger partial charge on any atom is 0.267 e. The number of hydrogen-bond donors (Lipinski definition) is 2. The third kappa shape index (κ3) is 3.38. The minimum atomic E-state index is -0.0483. The molecule has 2 aromatic rings. The largest absolute Gasteiger partial charge is 0.349 e. The van der Waals surface area contributed by atoms with Crippen LogP contribution in [-0.2, 0) is 0 Å². The van der Waals surface area contributed by atoms with Gasteiger partial charge in [-0.05, 0) is 18.9 Å². The highest BCUT2D eigenvalue weighted by atomic mass is 35.5. The van der Waals surface area contributed by atoms with Crippen LogP contribution in [0.2, 0.25) is 5.02 Å². The smallest absolute Gasteiger partial charge is 0.267 e. The molecule has 1 fully saturated rings. The lowest BCUT2D eigenvalue weighted by molar-refractivity contribution is 0.0926. The molecular formula is C16H20ClN3O. The SMILES string of the molecule is O=C(NC1CCCCCCC1)c1cc2c(Cl)cncc2[nH]1. The molecular weight excluding hydrogens is 286 g/mol. The number of carbonyl (C=O) groups excluding carboxylic acids is 1. The average Bonchev–Trinajstić information content (AvgIpc) is 2.87. The fourth-order valence-corrected chi connectivity index (χ4v) is 3.22. The normalized spacial score (nSPS) is 17.4. The number of pyridine rings is 1. The molecule has 5 heteroatoms. The fraction of sp³-hybridized carbons (Fsp3) is 0.500. The van der Waals surface area contributed by atoms with Crippen molar-refractivity contribution in [2.45, 2.75) is 51.0 Å². The van der Waals surface area contributed by atoms with Crippen molar-refractivity contribution in [1.29, 1.82) is 0 Å². The first-order valence-corrected chi connectivity index (χ1v) is 8.05. The molecule has 112 valence electrons. The molecule has 1 aliphatic carbocycles. The number of aromatic nitrogens is 2. The molecule has 0 aliphatic heterocycles. The molecule has 0 spiro atoms. The summed E-state index contributed by atoms with van der Waals surface area (Å²) in [6, 6.07) is 2.09. The van der Waals surface area contributed by atoms with E-state index >= 15 is 0 Å². The van der Waals surface area contributed by atoms with E-state index in [1.807, 2.05) is 0 Å². The molecule has 0 aromatic carbocycles. The highest BCUT2D eigenvalue weighted by molar-refractivity contribution is 6.35. The Balaban J connectivity index is 1.72. The molecule has 0 saturated heterocycles. The van der Waals surface area contributed by atoms with Crippen LogP contribution in [0.4, 0.5) is 0 Å². The fourth-order valence-electron chi connectivity index (χ4n) is 3.00. The number of aromatic amines is 1. The van der Waals surface area contributed by atoms with E-state index in [0.29, 0.717) is 10.7 Å². The van der Waals surface area contributed by atoms with Crippen molar-refractivity contribution < 1.29 is 4.79 Å². The number of amides is 1. The van der Waals surface area contributed by atoms with Crippen molar-refractivity contribution in [2.24, 2.45) is 0 Å². The van der Waals surface area contributed by atoms with E-state index in [0.717, 1.165) is 23.7 Å². The van der Waals surface area contributed by atoms with Crippen molar-refractivity contribution in [1.82, 2.24) is 15.3 Å². The van der Waals surface area contributed by atoms with Crippen LogP contribution in [0, 0.1) is 0 Å². The Kier molecular flexibility index (Phi) is 4.44. The van der Waals surface area contributed by atoms with Gasteiger partial charge in [0.15, 0.2) is 0 Å². The molecule has 0 unspecified atom stereocenters. The maximum absolute atomic E-state index is 12.4. The quantitative estimate of drug-likeness (QED) is 0.879. The molecule has 1 aliphatic rings. The standard InChI is InChI=1S/C16H20ClN3O/c17-13-9-18-10-15-12(13)8-14(20-15)16(21)19-11-6-4-2-1-3-5-7-11/h8-11,20H,1-7H2,(H,19,21). The van der Waals surface area contributed by atoms with Gasteiger partial charge in [-0.25, -0.2) is 0 Å². The number of nitrogens with one attached hydrogen (secondary N) is 2. The summed E-state index contributed by atoms with van der Waals surface area (Å²) in [6.45, 7) is 0. The van der Waals surface area contributed by atoms with E-state index in [9.17, 15) is 4.79 Å². The molecule has 1 saturated carbocycles. The van der Waals surface area contributed by atoms with Crippen LogP contribution in [0.25, 0.3) is 10.9 Å².